The molecule has 7 heteroatoms. The Balaban J connectivity index is 1.51. The maximum absolute atomic E-state index is 12.9. The molecule has 1 aromatic carbocycles. The molecule has 0 spiro atoms. The van der Waals surface area contributed by atoms with E-state index in [1.165, 1.54) is 23.5 Å². The summed E-state index contributed by atoms with van der Waals surface area (Å²) in [6.07, 6.45) is 0.968. The van der Waals surface area contributed by atoms with Gasteiger partial charge in [-0.15, -0.1) is 11.3 Å². The Labute approximate surface area is 143 Å². The van der Waals surface area contributed by atoms with Crippen molar-refractivity contribution in [3.63, 3.8) is 0 Å². The average Bonchev–Trinajstić information content (AvgIpc) is 3.13. The molecule has 1 N–H and O–H groups in total. The summed E-state index contributed by atoms with van der Waals surface area (Å²) in [5.74, 6) is -0.481. The first-order valence-electron chi connectivity index (χ1n) is 7.76. The number of halogens is 1. The molecule has 5 nitrogen and oxygen atoms in total. The summed E-state index contributed by atoms with van der Waals surface area (Å²) >= 11 is 1.42. The molecule has 1 atom stereocenters. The van der Waals surface area contributed by atoms with E-state index in [1.807, 2.05) is 6.92 Å². The highest BCUT2D eigenvalue weighted by Gasteiger charge is 2.30. The number of aromatic nitrogens is 1. The number of aryl methyl sites for hydroxylation is 1. The van der Waals surface area contributed by atoms with Crippen LogP contribution in [-0.4, -0.2) is 40.8 Å². The smallest absolute Gasteiger partial charge is 0.271 e. The van der Waals surface area contributed by atoms with Crippen LogP contribution in [0.1, 0.15) is 27.5 Å². The summed E-state index contributed by atoms with van der Waals surface area (Å²) in [6.45, 7) is 2.90. The second-order valence-corrected chi connectivity index (χ2v) is 6.90. The largest absolute Gasteiger partial charge is 0.346 e. The molecule has 3 rings (SSSR count). The summed E-state index contributed by atoms with van der Waals surface area (Å²) in [5, 5.41) is 5.42. The molecular weight excluding hydrogens is 329 g/mol. The molecule has 0 bridgehead atoms. The van der Waals surface area contributed by atoms with E-state index < -0.39 is 0 Å². The van der Waals surface area contributed by atoms with Crippen molar-refractivity contribution < 1.29 is 14.0 Å². The zero-order chi connectivity index (χ0) is 17.1. The van der Waals surface area contributed by atoms with Gasteiger partial charge in [-0.3, -0.25) is 9.59 Å². The maximum Gasteiger partial charge on any atom is 0.271 e. The van der Waals surface area contributed by atoms with Crippen LogP contribution in [0.2, 0.25) is 0 Å². The first kappa shape index (κ1) is 16.6. The van der Waals surface area contributed by atoms with Gasteiger partial charge in [0, 0.05) is 24.9 Å². The zero-order valence-corrected chi connectivity index (χ0v) is 14.1. The van der Waals surface area contributed by atoms with E-state index in [0.717, 1.165) is 10.6 Å². The summed E-state index contributed by atoms with van der Waals surface area (Å²) in [5.41, 5.74) is 1.38. The van der Waals surface area contributed by atoms with Gasteiger partial charge in [-0.25, -0.2) is 9.37 Å². The Kier molecular flexibility index (Phi) is 4.89. The van der Waals surface area contributed by atoms with Gasteiger partial charge in [0.05, 0.1) is 11.0 Å². The van der Waals surface area contributed by atoms with E-state index in [0.29, 0.717) is 31.6 Å². The Morgan fingerprint density at radius 1 is 1.42 bits per heavy atom. The summed E-state index contributed by atoms with van der Waals surface area (Å²) in [4.78, 5) is 30.1. The van der Waals surface area contributed by atoms with Gasteiger partial charge in [-0.05, 0) is 31.0 Å². The second kappa shape index (κ2) is 7.09. The van der Waals surface area contributed by atoms with Gasteiger partial charge in [-0.2, -0.15) is 0 Å². The molecule has 24 heavy (non-hydrogen) atoms. The van der Waals surface area contributed by atoms with Crippen LogP contribution in [0.15, 0.2) is 29.6 Å². The predicted octanol–water partition coefficient (Wildman–Crippen LogP) is 2.16. The predicted molar refractivity (Wildman–Crippen MR) is 89.4 cm³/mol. The van der Waals surface area contributed by atoms with Gasteiger partial charge in [0.1, 0.15) is 11.5 Å². The lowest BCUT2D eigenvalue weighted by Crippen LogP contribution is -2.37. The van der Waals surface area contributed by atoms with Crippen LogP contribution < -0.4 is 5.32 Å². The Bertz CT molecular complexity index is 745. The highest BCUT2D eigenvalue weighted by atomic mass is 32.1. The molecule has 2 heterocycles. The number of carbonyl (C=O) groups is 2. The van der Waals surface area contributed by atoms with E-state index in [9.17, 15) is 14.0 Å². The van der Waals surface area contributed by atoms with Crippen molar-refractivity contribution in [2.45, 2.75) is 25.8 Å². The van der Waals surface area contributed by atoms with Gasteiger partial charge in [0.2, 0.25) is 5.91 Å². The van der Waals surface area contributed by atoms with Gasteiger partial charge < -0.3 is 10.2 Å². The van der Waals surface area contributed by atoms with Crippen LogP contribution >= 0.6 is 11.3 Å². The summed E-state index contributed by atoms with van der Waals surface area (Å²) in [6, 6.07) is 6.08. The number of hydrogen-bond donors (Lipinski definition) is 1. The van der Waals surface area contributed by atoms with E-state index in [4.69, 9.17) is 0 Å². The van der Waals surface area contributed by atoms with Crippen LogP contribution in [-0.2, 0) is 11.2 Å². The van der Waals surface area contributed by atoms with Crippen molar-refractivity contribution in [3.8, 4) is 0 Å². The highest BCUT2D eigenvalue weighted by Crippen LogP contribution is 2.14. The molecule has 126 valence electrons. The topological polar surface area (TPSA) is 62.3 Å². The molecule has 0 aliphatic carbocycles. The SMILES string of the molecule is Cc1nc(C(=O)N[C@H]2CC(=O)N(CCc3ccc(F)cc3)C2)cs1. The lowest BCUT2D eigenvalue weighted by Gasteiger charge is -2.17. The number of nitrogens with zero attached hydrogens (tertiary/aromatic N) is 2. The second-order valence-electron chi connectivity index (χ2n) is 5.84. The minimum absolute atomic E-state index is 0.0249. The highest BCUT2D eigenvalue weighted by molar-refractivity contribution is 7.09. The Morgan fingerprint density at radius 2 is 2.17 bits per heavy atom. The molecular formula is C17H18FN3O2S. The van der Waals surface area contributed by atoms with Gasteiger partial charge in [0.15, 0.2) is 0 Å². The molecule has 1 aliphatic heterocycles. The molecule has 1 saturated heterocycles. The zero-order valence-electron chi connectivity index (χ0n) is 13.3. The van der Waals surface area contributed by atoms with Gasteiger partial charge in [-0.1, -0.05) is 12.1 Å². The fraction of sp³-hybridized carbons (Fsp3) is 0.353. The molecule has 0 unspecified atom stereocenters. The third-order valence-corrected chi connectivity index (χ3v) is 4.76. The van der Waals surface area contributed by atoms with Crippen LogP contribution in [0.5, 0.6) is 0 Å². The van der Waals surface area contributed by atoms with Crippen LogP contribution in [0.25, 0.3) is 0 Å². The average molecular weight is 347 g/mol. The van der Waals surface area contributed by atoms with Crippen molar-refractivity contribution in [3.05, 3.63) is 51.7 Å². The first-order valence-corrected chi connectivity index (χ1v) is 8.64. The van der Waals surface area contributed by atoms with Crippen LogP contribution in [0.4, 0.5) is 4.39 Å². The fourth-order valence-corrected chi connectivity index (χ4v) is 3.32. The summed E-state index contributed by atoms with van der Waals surface area (Å²) in [7, 11) is 0. The third-order valence-electron chi connectivity index (χ3n) is 3.99. The maximum atomic E-state index is 12.9. The molecule has 1 aliphatic rings. The number of amides is 2. The van der Waals surface area contributed by atoms with Crippen molar-refractivity contribution in [1.29, 1.82) is 0 Å². The minimum Gasteiger partial charge on any atom is -0.346 e. The first-order chi connectivity index (χ1) is 11.5. The van der Waals surface area contributed by atoms with Crippen molar-refractivity contribution in [2.75, 3.05) is 13.1 Å². The molecule has 0 saturated carbocycles. The number of rotatable bonds is 5. The standard InChI is InChI=1S/C17H18FN3O2S/c1-11-19-15(10-24-11)17(23)20-14-8-16(22)21(9-14)7-6-12-2-4-13(18)5-3-12/h2-5,10,14H,6-9H2,1H3,(H,20,23)/t14-/m0/s1. The van der Waals surface area contributed by atoms with E-state index >= 15 is 0 Å². The van der Waals surface area contributed by atoms with Gasteiger partial charge >= 0.3 is 0 Å². The van der Waals surface area contributed by atoms with Crippen LogP contribution in [0, 0.1) is 12.7 Å². The number of thiazole rings is 1. The molecule has 2 amide bonds. The van der Waals surface area contributed by atoms with E-state index in [-0.39, 0.29) is 23.7 Å². The van der Waals surface area contributed by atoms with Crippen molar-refractivity contribution in [2.24, 2.45) is 0 Å². The van der Waals surface area contributed by atoms with Crippen molar-refractivity contribution >= 4 is 23.2 Å². The monoisotopic (exact) mass is 347 g/mol. The van der Waals surface area contributed by atoms with Gasteiger partial charge in [0.25, 0.3) is 5.91 Å². The Morgan fingerprint density at radius 3 is 2.83 bits per heavy atom. The Hall–Kier alpha value is -2.28. The summed E-state index contributed by atoms with van der Waals surface area (Å²) < 4.78 is 12.9. The molecule has 2 aromatic rings. The lowest BCUT2D eigenvalue weighted by molar-refractivity contribution is -0.127. The molecule has 1 fully saturated rings. The van der Waals surface area contributed by atoms with Crippen molar-refractivity contribution in [1.82, 2.24) is 15.2 Å². The number of benzene rings is 1. The molecule has 0 radical (unpaired) electrons. The number of carbonyl (C=O) groups excluding carboxylic acids is 2. The quantitative estimate of drug-likeness (QED) is 0.902. The number of hydrogen-bond acceptors (Lipinski definition) is 4. The third kappa shape index (κ3) is 3.97. The van der Waals surface area contributed by atoms with E-state index in [2.05, 4.69) is 10.3 Å². The molecule has 1 aromatic heterocycles. The fourth-order valence-electron chi connectivity index (χ4n) is 2.73. The van der Waals surface area contributed by atoms with Crippen LogP contribution in [0.3, 0.4) is 0 Å². The van der Waals surface area contributed by atoms with E-state index in [1.54, 1.807) is 22.4 Å². The lowest BCUT2D eigenvalue weighted by atomic mass is 10.1. The normalized spacial score (nSPS) is 17.3. The number of likely N-dealkylation sites (tertiary alicyclic amines) is 1. The number of nitrogens with one attached hydrogen (secondary N) is 1. The minimum atomic E-state index is -0.268.